The van der Waals surface area contributed by atoms with Crippen LogP contribution in [0, 0.1) is 20.2 Å². The van der Waals surface area contributed by atoms with Crippen molar-refractivity contribution in [2.24, 2.45) is 5.10 Å². The number of hydrazone groups is 1. The molecule has 0 saturated carbocycles. The van der Waals surface area contributed by atoms with E-state index in [1.165, 1.54) is 12.3 Å². The van der Waals surface area contributed by atoms with Crippen LogP contribution in [0.5, 0.6) is 5.75 Å². The summed E-state index contributed by atoms with van der Waals surface area (Å²) in [6.07, 6.45) is 1.41. The molecule has 0 atom stereocenters. The number of likely N-dealkylation sites (N-methyl/N-ethyl adjacent to an activating group) is 1. The summed E-state index contributed by atoms with van der Waals surface area (Å²) in [5, 5.41) is 36.2. The van der Waals surface area contributed by atoms with E-state index in [0.29, 0.717) is 12.1 Å². The highest BCUT2D eigenvalue weighted by Gasteiger charge is 2.19. The summed E-state index contributed by atoms with van der Waals surface area (Å²) in [4.78, 5) is 25.1. The van der Waals surface area contributed by atoms with Gasteiger partial charge in [0.1, 0.15) is 11.4 Å². The molecular formula is C19H22N6O5. The van der Waals surface area contributed by atoms with Crippen LogP contribution in [-0.2, 0) is 6.54 Å². The number of nitrogens with one attached hydrogen (secondary N) is 1. The highest BCUT2D eigenvalue weighted by Crippen LogP contribution is 2.29. The van der Waals surface area contributed by atoms with Crippen molar-refractivity contribution >= 4 is 23.3 Å². The maximum absolute atomic E-state index is 11.1. The molecule has 0 bridgehead atoms. The molecule has 1 heterocycles. The van der Waals surface area contributed by atoms with Crippen molar-refractivity contribution in [3.8, 4) is 5.75 Å². The van der Waals surface area contributed by atoms with E-state index in [2.05, 4.69) is 27.4 Å². The fourth-order valence-electron chi connectivity index (χ4n) is 3.10. The Hall–Kier alpha value is -3.57. The Morgan fingerprint density at radius 3 is 2.47 bits per heavy atom. The number of nitro benzene ring substituents is 2. The zero-order chi connectivity index (χ0) is 21.7. The van der Waals surface area contributed by atoms with Crippen molar-refractivity contribution in [1.29, 1.82) is 0 Å². The van der Waals surface area contributed by atoms with Gasteiger partial charge in [-0.2, -0.15) is 5.10 Å². The van der Waals surface area contributed by atoms with Crippen LogP contribution in [-0.4, -0.2) is 64.2 Å². The molecule has 2 aromatic rings. The molecule has 1 saturated heterocycles. The maximum atomic E-state index is 11.1. The van der Waals surface area contributed by atoms with Gasteiger partial charge in [-0.05, 0) is 24.7 Å². The van der Waals surface area contributed by atoms with Gasteiger partial charge < -0.3 is 10.0 Å². The van der Waals surface area contributed by atoms with Crippen LogP contribution in [0.25, 0.3) is 0 Å². The first kappa shape index (κ1) is 21.1. The standard InChI is InChI=1S/C19H22N6O5/c1-22-6-8-23(9-7-22)13-15-3-2-14(10-19(15)26)12-20-21-17-5-4-16(24(27)28)11-18(17)25(29)30/h2-5,10-12,21,26H,6-9,13H2,1H3/b20-12+. The molecule has 3 rings (SSSR count). The fourth-order valence-corrected chi connectivity index (χ4v) is 3.10. The first-order valence-corrected chi connectivity index (χ1v) is 9.28. The number of rotatable bonds is 7. The van der Waals surface area contributed by atoms with Crippen LogP contribution in [0.3, 0.4) is 0 Å². The SMILES string of the molecule is CN1CCN(Cc2ccc(/C=N/Nc3ccc([N+](=O)[O-])cc3[N+](=O)[O-])cc2O)CC1. The molecule has 0 radical (unpaired) electrons. The first-order valence-electron chi connectivity index (χ1n) is 9.28. The summed E-state index contributed by atoms with van der Waals surface area (Å²) < 4.78 is 0. The molecule has 11 heteroatoms. The summed E-state index contributed by atoms with van der Waals surface area (Å²) >= 11 is 0. The van der Waals surface area contributed by atoms with Gasteiger partial charge in [-0.3, -0.25) is 30.6 Å². The van der Waals surface area contributed by atoms with Crippen LogP contribution in [0.1, 0.15) is 11.1 Å². The molecule has 0 unspecified atom stereocenters. The maximum Gasteiger partial charge on any atom is 0.301 e. The van der Waals surface area contributed by atoms with Crippen LogP contribution in [0.2, 0.25) is 0 Å². The monoisotopic (exact) mass is 414 g/mol. The van der Waals surface area contributed by atoms with Gasteiger partial charge in [0.2, 0.25) is 0 Å². The molecule has 0 spiro atoms. The second-order valence-electron chi connectivity index (χ2n) is 7.05. The van der Waals surface area contributed by atoms with Gasteiger partial charge in [0.15, 0.2) is 0 Å². The molecule has 0 aromatic heterocycles. The number of piperazine rings is 1. The second kappa shape index (κ2) is 9.29. The molecular weight excluding hydrogens is 392 g/mol. The third kappa shape index (κ3) is 5.27. The molecule has 0 aliphatic carbocycles. The fraction of sp³-hybridized carbons (Fsp3) is 0.316. The quantitative estimate of drug-likeness (QED) is 0.400. The minimum absolute atomic E-state index is 0.0257. The number of phenolic OH excluding ortho intramolecular Hbond substituents is 1. The van der Waals surface area contributed by atoms with Crippen molar-refractivity contribution in [2.45, 2.75) is 6.54 Å². The predicted octanol–water partition coefficient (Wildman–Crippen LogP) is 2.40. The van der Waals surface area contributed by atoms with E-state index in [-0.39, 0.29) is 17.1 Å². The highest BCUT2D eigenvalue weighted by molar-refractivity contribution is 5.81. The van der Waals surface area contributed by atoms with Crippen molar-refractivity contribution in [3.63, 3.8) is 0 Å². The van der Waals surface area contributed by atoms with Gasteiger partial charge in [0.25, 0.3) is 5.69 Å². The lowest BCUT2D eigenvalue weighted by Crippen LogP contribution is -2.43. The second-order valence-corrected chi connectivity index (χ2v) is 7.05. The molecule has 1 fully saturated rings. The van der Waals surface area contributed by atoms with Crippen LogP contribution in [0.4, 0.5) is 17.1 Å². The van der Waals surface area contributed by atoms with E-state index in [4.69, 9.17) is 0 Å². The van der Waals surface area contributed by atoms with E-state index in [1.54, 1.807) is 12.1 Å². The Morgan fingerprint density at radius 1 is 1.10 bits per heavy atom. The Balaban J connectivity index is 1.66. The number of anilines is 1. The average molecular weight is 414 g/mol. The Bertz CT molecular complexity index is 972. The van der Waals surface area contributed by atoms with Crippen molar-refractivity contribution < 1.29 is 15.0 Å². The smallest absolute Gasteiger partial charge is 0.301 e. The van der Waals surface area contributed by atoms with E-state index in [9.17, 15) is 25.3 Å². The lowest BCUT2D eigenvalue weighted by Gasteiger charge is -2.32. The predicted molar refractivity (Wildman–Crippen MR) is 112 cm³/mol. The van der Waals surface area contributed by atoms with E-state index in [0.717, 1.165) is 43.9 Å². The van der Waals surface area contributed by atoms with Crippen molar-refractivity contribution in [3.05, 3.63) is 67.8 Å². The van der Waals surface area contributed by atoms with Crippen molar-refractivity contribution in [2.75, 3.05) is 38.7 Å². The molecule has 2 aromatic carbocycles. The number of nitro groups is 2. The summed E-state index contributed by atoms with van der Waals surface area (Å²) in [5.74, 6) is 0.152. The largest absolute Gasteiger partial charge is 0.508 e. The number of benzene rings is 2. The zero-order valence-electron chi connectivity index (χ0n) is 16.4. The summed E-state index contributed by atoms with van der Waals surface area (Å²) in [5.41, 5.74) is 3.14. The Kier molecular flexibility index (Phi) is 6.54. The van der Waals surface area contributed by atoms with E-state index in [1.807, 2.05) is 6.07 Å². The topological polar surface area (TPSA) is 137 Å². The van der Waals surface area contributed by atoms with E-state index >= 15 is 0 Å². The number of aromatic hydroxyl groups is 1. The Morgan fingerprint density at radius 2 is 1.83 bits per heavy atom. The minimum atomic E-state index is -0.718. The molecule has 1 aliphatic heterocycles. The number of phenols is 1. The molecule has 158 valence electrons. The third-order valence-electron chi connectivity index (χ3n) is 4.89. The molecule has 1 aliphatic rings. The van der Waals surface area contributed by atoms with Gasteiger partial charge in [-0.1, -0.05) is 12.1 Å². The molecule has 0 amide bonds. The van der Waals surface area contributed by atoms with E-state index < -0.39 is 15.5 Å². The molecule has 11 nitrogen and oxygen atoms in total. The number of non-ortho nitro benzene ring substituents is 1. The van der Waals surface area contributed by atoms with Gasteiger partial charge in [-0.25, -0.2) is 0 Å². The van der Waals surface area contributed by atoms with Gasteiger partial charge in [0, 0.05) is 44.4 Å². The lowest BCUT2D eigenvalue weighted by molar-refractivity contribution is -0.393. The van der Waals surface area contributed by atoms with Gasteiger partial charge in [-0.15, -0.1) is 0 Å². The first-order chi connectivity index (χ1) is 14.3. The highest BCUT2D eigenvalue weighted by atomic mass is 16.6. The number of nitrogens with zero attached hydrogens (tertiary/aromatic N) is 5. The molecule has 2 N–H and O–H groups in total. The minimum Gasteiger partial charge on any atom is -0.508 e. The molecule has 30 heavy (non-hydrogen) atoms. The summed E-state index contributed by atoms with van der Waals surface area (Å²) in [7, 11) is 2.09. The average Bonchev–Trinajstić information content (AvgIpc) is 2.71. The van der Waals surface area contributed by atoms with Crippen LogP contribution < -0.4 is 5.43 Å². The van der Waals surface area contributed by atoms with Gasteiger partial charge >= 0.3 is 5.69 Å². The lowest BCUT2D eigenvalue weighted by atomic mass is 10.1. The Labute approximate surface area is 172 Å². The third-order valence-corrected chi connectivity index (χ3v) is 4.89. The zero-order valence-corrected chi connectivity index (χ0v) is 16.4. The van der Waals surface area contributed by atoms with Crippen LogP contribution in [0.15, 0.2) is 41.5 Å². The summed E-state index contributed by atoms with van der Waals surface area (Å²) in [6.45, 7) is 4.52. The van der Waals surface area contributed by atoms with Crippen molar-refractivity contribution in [1.82, 2.24) is 9.80 Å². The van der Waals surface area contributed by atoms with Gasteiger partial charge in [0.05, 0.1) is 22.1 Å². The van der Waals surface area contributed by atoms with Crippen LogP contribution >= 0.6 is 0 Å². The summed E-state index contributed by atoms with van der Waals surface area (Å²) in [6, 6.07) is 8.44. The number of hydrogen-bond acceptors (Lipinski definition) is 9. The normalized spacial score (nSPS) is 15.4. The number of hydrogen-bond donors (Lipinski definition) is 2.